The minimum atomic E-state index is -4.48. The van der Waals surface area contributed by atoms with Crippen LogP contribution >= 0.6 is 11.6 Å². The molecule has 0 spiro atoms. The summed E-state index contributed by atoms with van der Waals surface area (Å²) in [5, 5.41) is 9.65. The molecule has 0 unspecified atom stereocenters. The molecule has 0 saturated carbocycles. The lowest BCUT2D eigenvalue weighted by atomic mass is 10.2. The highest BCUT2D eigenvalue weighted by atomic mass is 35.5. The number of hydrogen-bond donors (Lipinski definition) is 3. The van der Waals surface area contributed by atoms with Gasteiger partial charge < -0.3 is 20.1 Å². The maximum absolute atomic E-state index is 13.0. The first-order valence-electron chi connectivity index (χ1n) is 10.7. The number of H-pyrrole nitrogens is 1. The van der Waals surface area contributed by atoms with Crippen molar-refractivity contribution >= 4 is 40.0 Å². The normalized spacial score (nSPS) is 12.5. The number of halogens is 4. The highest BCUT2D eigenvalue weighted by Crippen LogP contribution is 2.32. The van der Waals surface area contributed by atoms with Gasteiger partial charge in [-0.1, -0.05) is 16.8 Å². The van der Waals surface area contributed by atoms with E-state index in [1.807, 2.05) is 0 Å². The molecule has 5 rings (SSSR count). The highest BCUT2D eigenvalue weighted by molar-refractivity contribution is 6.35. The number of aromatic amines is 1. The van der Waals surface area contributed by atoms with E-state index >= 15 is 0 Å². The molecule has 1 aromatic carbocycles. The summed E-state index contributed by atoms with van der Waals surface area (Å²) in [5.41, 5.74) is 0.607. The molecule has 1 atom stereocenters. The molecule has 0 fully saturated rings. The van der Waals surface area contributed by atoms with Crippen LogP contribution in [0.1, 0.15) is 34.8 Å². The van der Waals surface area contributed by atoms with Crippen molar-refractivity contribution in [3.8, 4) is 11.5 Å². The van der Waals surface area contributed by atoms with Gasteiger partial charge in [-0.2, -0.15) is 13.2 Å². The number of nitrogens with zero attached hydrogens (tertiary/aromatic N) is 5. The zero-order valence-electron chi connectivity index (χ0n) is 18.8. The molecule has 1 amide bonds. The van der Waals surface area contributed by atoms with E-state index in [1.54, 1.807) is 31.5 Å². The largest absolute Gasteiger partial charge is 0.416 e. The number of benzene rings is 1. The van der Waals surface area contributed by atoms with Gasteiger partial charge in [-0.3, -0.25) is 9.78 Å². The molecule has 0 aliphatic heterocycles. The number of rotatable bonds is 6. The fourth-order valence-corrected chi connectivity index (χ4v) is 3.67. The number of pyridine rings is 1. The lowest BCUT2D eigenvalue weighted by Gasteiger charge is -2.12. The minimum absolute atomic E-state index is 0.0165. The van der Waals surface area contributed by atoms with E-state index in [0.717, 1.165) is 12.1 Å². The summed E-state index contributed by atoms with van der Waals surface area (Å²) in [7, 11) is 0. The van der Waals surface area contributed by atoms with Crippen molar-refractivity contribution in [2.45, 2.75) is 19.1 Å². The maximum atomic E-state index is 13.0. The van der Waals surface area contributed by atoms with Crippen LogP contribution < -0.4 is 10.6 Å². The molecule has 0 saturated heterocycles. The van der Waals surface area contributed by atoms with Crippen molar-refractivity contribution in [1.82, 2.24) is 35.4 Å². The fraction of sp³-hybridized carbons (Fsp3) is 0.130. The summed E-state index contributed by atoms with van der Waals surface area (Å²) >= 11 is 6.36. The van der Waals surface area contributed by atoms with Crippen LogP contribution in [0.25, 0.3) is 22.6 Å². The third kappa shape index (κ3) is 5.07. The van der Waals surface area contributed by atoms with Gasteiger partial charge in [0.25, 0.3) is 5.91 Å². The Morgan fingerprint density at radius 1 is 1.14 bits per heavy atom. The Morgan fingerprint density at radius 3 is 2.68 bits per heavy atom. The van der Waals surface area contributed by atoms with E-state index in [-0.39, 0.29) is 39.3 Å². The molecule has 4 aromatic heterocycles. The maximum Gasteiger partial charge on any atom is 0.416 e. The Morgan fingerprint density at radius 2 is 1.92 bits per heavy atom. The third-order valence-corrected chi connectivity index (χ3v) is 5.66. The number of anilines is 2. The molecule has 0 radical (unpaired) electrons. The Labute approximate surface area is 211 Å². The van der Waals surface area contributed by atoms with Crippen LogP contribution in [0.2, 0.25) is 5.02 Å². The fourth-order valence-electron chi connectivity index (χ4n) is 3.44. The highest BCUT2D eigenvalue weighted by Gasteiger charge is 2.31. The van der Waals surface area contributed by atoms with Crippen molar-refractivity contribution in [2.75, 3.05) is 5.32 Å². The number of carbonyl (C=O) groups is 1. The van der Waals surface area contributed by atoms with Gasteiger partial charge in [0.15, 0.2) is 23.1 Å². The quantitative estimate of drug-likeness (QED) is 0.270. The zero-order valence-corrected chi connectivity index (χ0v) is 19.6. The lowest BCUT2D eigenvalue weighted by Crippen LogP contribution is -2.27. The van der Waals surface area contributed by atoms with Crippen LogP contribution in [0.5, 0.6) is 0 Å². The second-order valence-electron chi connectivity index (χ2n) is 7.87. The molecule has 10 nitrogen and oxygen atoms in total. The van der Waals surface area contributed by atoms with Crippen LogP contribution in [0.15, 0.2) is 59.6 Å². The van der Waals surface area contributed by atoms with E-state index in [1.165, 1.54) is 18.5 Å². The number of nitrogens with one attached hydrogen (secondary N) is 3. The van der Waals surface area contributed by atoms with Crippen molar-refractivity contribution in [3.63, 3.8) is 0 Å². The van der Waals surface area contributed by atoms with Gasteiger partial charge >= 0.3 is 6.18 Å². The first-order valence-corrected chi connectivity index (χ1v) is 11.1. The predicted molar refractivity (Wildman–Crippen MR) is 127 cm³/mol. The second kappa shape index (κ2) is 9.50. The molecule has 0 bridgehead atoms. The summed E-state index contributed by atoms with van der Waals surface area (Å²) < 4.78 is 44.3. The predicted octanol–water partition coefficient (Wildman–Crippen LogP) is 5.31. The van der Waals surface area contributed by atoms with Crippen molar-refractivity contribution < 1.29 is 22.5 Å². The molecule has 4 heterocycles. The van der Waals surface area contributed by atoms with Crippen molar-refractivity contribution in [2.24, 2.45) is 0 Å². The van der Waals surface area contributed by atoms with Gasteiger partial charge in [0.05, 0.1) is 22.6 Å². The average Bonchev–Trinajstić information content (AvgIpc) is 3.52. The lowest BCUT2D eigenvalue weighted by molar-refractivity contribution is -0.137. The number of carbonyl (C=O) groups excluding carboxylic acids is 1. The van der Waals surface area contributed by atoms with Crippen LogP contribution in [0.4, 0.5) is 24.7 Å². The van der Waals surface area contributed by atoms with Gasteiger partial charge in [0.1, 0.15) is 17.0 Å². The Balaban J connectivity index is 1.31. The zero-order chi connectivity index (χ0) is 26.2. The Bertz CT molecular complexity index is 1590. The summed E-state index contributed by atoms with van der Waals surface area (Å²) in [5.74, 6) is 0.147. The Hall–Kier alpha value is -4.52. The van der Waals surface area contributed by atoms with Gasteiger partial charge in [-0.25, -0.2) is 15.0 Å². The molecule has 188 valence electrons. The van der Waals surface area contributed by atoms with Crippen molar-refractivity contribution in [3.05, 3.63) is 77.2 Å². The van der Waals surface area contributed by atoms with E-state index in [4.69, 9.17) is 16.1 Å². The number of aromatic nitrogens is 6. The summed E-state index contributed by atoms with van der Waals surface area (Å²) in [6, 6.07) is 7.47. The SMILES string of the molecule is C[C@H](NC(=O)c1ncnc(Nc2ccncc2)c1Cl)c1cc(-c2nc3ccc(C(F)(F)F)cc3[nH]2)no1. The minimum Gasteiger partial charge on any atom is -0.358 e. The average molecular weight is 529 g/mol. The molecular weight excluding hydrogens is 513 g/mol. The number of imidazole rings is 1. The van der Waals surface area contributed by atoms with E-state index in [9.17, 15) is 18.0 Å². The molecule has 37 heavy (non-hydrogen) atoms. The number of amides is 1. The summed E-state index contributed by atoms with van der Waals surface area (Å²) in [6.45, 7) is 1.65. The molecule has 0 aliphatic rings. The molecule has 0 aliphatic carbocycles. The van der Waals surface area contributed by atoms with Crippen LogP contribution in [0, 0.1) is 0 Å². The first kappa shape index (κ1) is 24.2. The smallest absolute Gasteiger partial charge is 0.358 e. The Kier molecular flexibility index (Phi) is 6.21. The summed E-state index contributed by atoms with van der Waals surface area (Å²) in [4.78, 5) is 31.9. The van der Waals surface area contributed by atoms with E-state index < -0.39 is 23.7 Å². The standard InChI is InChI=1S/C23H16ClF3N8O2/c1-11(31-22(36)19-18(24)21(30-10-29-19)32-13-4-6-28-7-5-13)17-9-16(35-37-17)20-33-14-3-2-12(23(25,26)27)8-15(14)34-20/h2-11H,1H3,(H,31,36)(H,33,34)(H,28,29,30,32)/t11-/m0/s1. The van der Waals surface area contributed by atoms with Crippen LogP contribution in [-0.2, 0) is 6.18 Å². The number of fused-ring (bicyclic) bond motifs is 1. The first-order chi connectivity index (χ1) is 17.7. The number of hydrogen-bond acceptors (Lipinski definition) is 8. The monoisotopic (exact) mass is 528 g/mol. The molecule has 5 aromatic rings. The molecule has 3 N–H and O–H groups in total. The van der Waals surface area contributed by atoms with E-state index in [0.29, 0.717) is 11.2 Å². The number of alkyl halides is 3. The topological polar surface area (TPSA) is 135 Å². The second-order valence-corrected chi connectivity index (χ2v) is 8.25. The van der Waals surface area contributed by atoms with Gasteiger partial charge in [-0.15, -0.1) is 0 Å². The molecular formula is C23H16ClF3N8O2. The van der Waals surface area contributed by atoms with Gasteiger partial charge in [0, 0.05) is 24.1 Å². The summed E-state index contributed by atoms with van der Waals surface area (Å²) in [6.07, 6.45) is -0.100. The third-order valence-electron chi connectivity index (χ3n) is 5.30. The van der Waals surface area contributed by atoms with Crippen LogP contribution in [0.3, 0.4) is 0 Å². The van der Waals surface area contributed by atoms with Gasteiger partial charge in [-0.05, 0) is 37.3 Å². The van der Waals surface area contributed by atoms with Gasteiger partial charge in [0.2, 0.25) is 0 Å². The molecule has 14 heteroatoms. The van der Waals surface area contributed by atoms with E-state index in [2.05, 4.69) is 40.7 Å². The van der Waals surface area contributed by atoms with Crippen molar-refractivity contribution in [1.29, 1.82) is 0 Å². The van der Waals surface area contributed by atoms with Crippen LogP contribution in [-0.4, -0.2) is 36.0 Å².